The minimum atomic E-state index is -1.77. The van der Waals surface area contributed by atoms with Gasteiger partial charge in [-0.15, -0.1) is 0 Å². The molecule has 0 aromatic rings. The molecule has 32 atom stereocenters. The van der Waals surface area contributed by atoms with Gasteiger partial charge in [-0.3, -0.25) is 0 Å². The van der Waals surface area contributed by atoms with Gasteiger partial charge in [0.2, 0.25) is 0 Å². The molecular weight excluding hydrogens is 969 g/mol. The van der Waals surface area contributed by atoms with Crippen LogP contribution in [0.1, 0.15) is 86.0 Å². The van der Waals surface area contributed by atoms with Crippen LogP contribution in [-0.2, 0) is 47.4 Å². The Balaban J connectivity index is 0.823. The van der Waals surface area contributed by atoms with Crippen molar-refractivity contribution in [1.29, 1.82) is 0 Å². The lowest BCUT2D eigenvalue weighted by Gasteiger charge is -2.58. The summed E-state index contributed by atoms with van der Waals surface area (Å²) in [6.07, 6.45) is -22.8. The van der Waals surface area contributed by atoms with Crippen molar-refractivity contribution in [2.45, 2.75) is 233 Å². The second-order valence-corrected chi connectivity index (χ2v) is 23.7. The molecule has 418 valence electrons. The molecule has 23 heteroatoms. The minimum absolute atomic E-state index is 0.0380. The third-order valence-electron chi connectivity index (χ3n) is 19.6. The van der Waals surface area contributed by atoms with Gasteiger partial charge in [-0.05, 0) is 92.8 Å². The van der Waals surface area contributed by atoms with E-state index in [4.69, 9.17) is 47.4 Å². The van der Waals surface area contributed by atoms with E-state index in [1.54, 1.807) is 0 Å². The van der Waals surface area contributed by atoms with Gasteiger partial charge >= 0.3 is 0 Å². The number of aliphatic hydroxyl groups is 13. The van der Waals surface area contributed by atoms with Crippen molar-refractivity contribution in [1.82, 2.24) is 0 Å². The summed E-state index contributed by atoms with van der Waals surface area (Å²) < 4.78 is 61.3. The molecule has 0 amide bonds. The fourth-order valence-corrected chi connectivity index (χ4v) is 15.3. The number of aliphatic hydroxyl groups excluding tert-OH is 12. The molecule has 13 N–H and O–H groups in total. The van der Waals surface area contributed by atoms with Crippen molar-refractivity contribution < 1.29 is 114 Å². The highest BCUT2D eigenvalue weighted by atomic mass is 16.8. The molecule has 0 aromatic carbocycles. The van der Waals surface area contributed by atoms with Gasteiger partial charge in [0.05, 0.1) is 38.1 Å². The number of ether oxygens (including phenoxy) is 10. The monoisotopic (exact) mass is 1050 g/mol. The van der Waals surface area contributed by atoms with Gasteiger partial charge in [-0.25, -0.2) is 0 Å². The van der Waals surface area contributed by atoms with Crippen molar-refractivity contribution in [2.75, 3.05) is 19.8 Å². The van der Waals surface area contributed by atoms with E-state index < -0.39 is 161 Å². The highest BCUT2D eigenvalue weighted by molar-refractivity contribution is 5.26. The summed E-state index contributed by atoms with van der Waals surface area (Å²) in [5.41, 5.74) is 0.915. The summed E-state index contributed by atoms with van der Waals surface area (Å²) in [4.78, 5) is 0. The predicted molar refractivity (Wildman–Crippen MR) is 243 cm³/mol. The van der Waals surface area contributed by atoms with Crippen LogP contribution in [-0.4, -0.2) is 233 Å². The Hall–Kier alpha value is -1.18. The second kappa shape index (κ2) is 20.8. The van der Waals surface area contributed by atoms with Crippen molar-refractivity contribution in [3.8, 4) is 0 Å². The Bertz CT molecular complexity index is 1950. The van der Waals surface area contributed by atoms with E-state index in [2.05, 4.69) is 19.9 Å². The average molecular weight is 1050 g/mol. The minimum Gasteiger partial charge on any atom is -0.394 e. The second-order valence-electron chi connectivity index (χ2n) is 23.7. The largest absolute Gasteiger partial charge is 0.394 e. The van der Waals surface area contributed by atoms with Crippen LogP contribution in [0.2, 0.25) is 0 Å². The maximum absolute atomic E-state index is 12.5. The Labute approximate surface area is 423 Å². The first kappa shape index (κ1) is 55.1. The molecule has 4 aliphatic carbocycles. The van der Waals surface area contributed by atoms with E-state index in [0.29, 0.717) is 37.0 Å². The lowest BCUT2D eigenvalue weighted by Crippen LogP contribution is -2.66. The lowest BCUT2D eigenvalue weighted by atomic mass is 9.47. The first-order valence-corrected chi connectivity index (χ1v) is 26.5. The first-order valence-electron chi connectivity index (χ1n) is 26.5. The van der Waals surface area contributed by atoms with Gasteiger partial charge in [-0.2, -0.15) is 0 Å². The fourth-order valence-electron chi connectivity index (χ4n) is 15.3. The lowest BCUT2D eigenvalue weighted by molar-refractivity contribution is -0.390. The van der Waals surface area contributed by atoms with Crippen molar-refractivity contribution in [3.63, 3.8) is 0 Å². The Kier molecular flexibility index (Phi) is 15.7. The third kappa shape index (κ3) is 9.31. The van der Waals surface area contributed by atoms with Crippen LogP contribution in [0.3, 0.4) is 0 Å². The van der Waals surface area contributed by atoms with Gasteiger partial charge in [0.25, 0.3) is 0 Å². The molecule has 0 radical (unpaired) electrons. The van der Waals surface area contributed by atoms with Gasteiger partial charge in [0.1, 0.15) is 91.6 Å². The van der Waals surface area contributed by atoms with Crippen molar-refractivity contribution in [2.24, 2.45) is 46.3 Å². The molecule has 9 fully saturated rings. The summed E-state index contributed by atoms with van der Waals surface area (Å²) in [6, 6.07) is 0. The van der Waals surface area contributed by atoms with Crippen LogP contribution in [0.15, 0.2) is 11.6 Å². The molecule has 73 heavy (non-hydrogen) atoms. The molecule has 0 unspecified atom stereocenters. The maximum Gasteiger partial charge on any atom is 0.195 e. The van der Waals surface area contributed by atoms with Gasteiger partial charge in [0.15, 0.2) is 37.2 Å². The molecule has 0 bridgehead atoms. The molecule has 10 aliphatic rings. The van der Waals surface area contributed by atoms with E-state index in [0.717, 1.165) is 32.1 Å². The van der Waals surface area contributed by atoms with Gasteiger partial charge in [0, 0.05) is 11.8 Å². The van der Waals surface area contributed by atoms with E-state index in [-0.39, 0.29) is 34.7 Å². The Morgan fingerprint density at radius 1 is 0.616 bits per heavy atom. The highest BCUT2D eigenvalue weighted by Crippen LogP contribution is 2.70. The summed E-state index contributed by atoms with van der Waals surface area (Å²) in [5, 5.41) is 139. The van der Waals surface area contributed by atoms with E-state index in [1.165, 1.54) is 12.5 Å². The maximum atomic E-state index is 12.5. The number of rotatable bonds is 11. The number of allylic oxidation sites excluding steroid dienone is 1. The summed E-state index contributed by atoms with van der Waals surface area (Å²) in [7, 11) is 0. The SMILES string of the molecule is C[C@@H]1C[C@@H]([C@@]2(O)O[C@H]3C[C@H]4[C@@H]5CC=C6C[C@@H](O[C@@H]7O[C@H](CO)[C@@H](O)[C@H](O[C@@H]8OC[C@@H](O)[C@H](O)[C@H]8O)[C@H]7O[C@@H]7O[C@@H](C)[C@H](O)[C@@H](O)[C@H]7O)CC[C@]6(C)[C@H]5CC[C@]4(C)[C@H]3[C@@H]2C)O[C@H]1O[C@@H]1O[C@H](CO)[C@@H](O)[C@H](O)[C@H]1O. The zero-order valence-electron chi connectivity index (χ0n) is 42.0. The molecule has 0 aromatic heterocycles. The van der Waals surface area contributed by atoms with Crippen LogP contribution < -0.4 is 0 Å². The zero-order chi connectivity index (χ0) is 52.4. The third-order valence-corrected chi connectivity index (χ3v) is 19.6. The predicted octanol–water partition coefficient (Wildman–Crippen LogP) is -3.03. The van der Waals surface area contributed by atoms with Crippen LogP contribution in [0.4, 0.5) is 0 Å². The van der Waals surface area contributed by atoms with Crippen LogP contribution >= 0.6 is 0 Å². The molecule has 3 saturated carbocycles. The van der Waals surface area contributed by atoms with Crippen LogP contribution in [0.25, 0.3) is 0 Å². The van der Waals surface area contributed by atoms with Crippen LogP contribution in [0, 0.1) is 46.3 Å². The van der Waals surface area contributed by atoms with Gasteiger partial charge in [-0.1, -0.05) is 39.3 Å². The Morgan fingerprint density at radius 2 is 1.26 bits per heavy atom. The summed E-state index contributed by atoms with van der Waals surface area (Å²) in [5.74, 6) is -1.14. The summed E-state index contributed by atoms with van der Waals surface area (Å²) in [6.45, 7) is 8.39. The first-order chi connectivity index (χ1) is 34.5. The Morgan fingerprint density at radius 3 is 1.97 bits per heavy atom. The molecular formula is C50H80O23. The molecule has 6 saturated heterocycles. The quantitative estimate of drug-likeness (QED) is 0.0916. The van der Waals surface area contributed by atoms with E-state index in [9.17, 15) is 66.4 Å². The van der Waals surface area contributed by atoms with E-state index in [1.807, 2.05) is 13.8 Å². The van der Waals surface area contributed by atoms with E-state index >= 15 is 0 Å². The molecule has 0 spiro atoms. The normalized spacial score (nSPS) is 58.2. The number of hydrogen-bond acceptors (Lipinski definition) is 23. The number of fused-ring (bicyclic) bond motifs is 7. The van der Waals surface area contributed by atoms with Crippen molar-refractivity contribution >= 4 is 0 Å². The smallest absolute Gasteiger partial charge is 0.195 e. The summed E-state index contributed by atoms with van der Waals surface area (Å²) >= 11 is 0. The number of hydrogen-bond donors (Lipinski definition) is 13. The standard InChI is InChI=1S/C50H80O23/c1-18-12-30(69-43(18)72-46-40(62)37(59)34(56)28(15-51)67-46)50(63)19(2)31-27(73-50)14-25-23-7-6-21-13-22(8-10-48(21,4)24(23)9-11-49(25,31)5)66-47-42(71-45-39(61)36(58)32(54)20(3)65-45)41(35(57)29(16-52)68-47)70-44-38(60)33(55)26(53)17-64-44/h6,18-20,22-47,51-63H,7-17H2,1-5H3/t18-,19+,20+,22+,23-,24+,25+,26-,27+,28-,29-,30+,31+,32+,33+,34-,35-,36-,37+,38-,39-,40-,41+,42-,43+,44+,45+,46+,47-,48+,49+,50+/m1/s1. The molecule has 6 aliphatic heterocycles. The average Bonchev–Trinajstić information content (AvgIpc) is 3.98. The molecule has 6 heterocycles. The molecule has 23 nitrogen and oxygen atoms in total. The van der Waals surface area contributed by atoms with Crippen molar-refractivity contribution in [3.05, 3.63) is 11.6 Å². The van der Waals surface area contributed by atoms with Crippen LogP contribution in [0.5, 0.6) is 0 Å². The molecule has 10 rings (SSSR count). The fraction of sp³-hybridized carbons (Fsp3) is 0.960. The topological polar surface area (TPSA) is 355 Å². The zero-order valence-corrected chi connectivity index (χ0v) is 42.0. The highest BCUT2D eigenvalue weighted by Gasteiger charge is 2.70. The van der Waals surface area contributed by atoms with Gasteiger partial charge < -0.3 is 114 Å².